The predicted octanol–water partition coefficient (Wildman–Crippen LogP) is 5.60. The van der Waals surface area contributed by atoms with Gasteiger partial charge in [-0.25, -0.2) is 4.98 Å². The first-order valence-corrected chi connectivity index (χ1v) is 11.3. The lowest BCUT2D eigenvalue weighted by Gasteiger charge is -2.16. The highest BCUT2D eigenvalue weighted by Crippen LogP contribution is 2.30. The van der Waals surface area contributed by atoms with E-state index >= 15 is 0 Å². The Kier molecular flexibility index (Phi) is 4.83. The Bertz CT molecular complexity index is 1410. The molecule has 5 aromatic rings. The van der Waals surface area contributed by atoms with E-state index in [0.717, 1.165) is 58.6 Å². The van der Waals surface area contributed by atoms with Crippen molar-refractivity contribution in [2.24, 2.45) is 0 Å². The fourth-order valence-corrected chi connectivity index (χ4v) is 4.58. The number of hydrogen-bond donors (Lipinski definition) is 4. The van der Waals surface area contributed by atoms with Gasteiger partial charge in [0.25, 0.3) is 0 Å². The van der Waals surface area contributed by atoms with Gasteiger partial charge in [-0.2, -0.15) is 10.1 Å². The number of nitrogens with one attached hydrogen (secondary N) is 4. The molecule has 0 saturated heterocycles. The normalized spacial score (nSPS) is 18.1. The van der Waals surface area contributed by atoms with Gasteiger partial charge in [0, 0.05) is 40.6 Å². The van der Waals surface area contributed by atoms with Crippen LogP contribution < -0.4 is 16.0 Å². The van der Waals surface area contributed by atoms with Gasteiger partial charge < -0.3 is 20.4 Å². The molecule has 3 heterocycles. The molecule has 1 fully saturated rings. The van der Waals surface area contributed by atoms with E-state index in [0.29, 0.717) is 23.6 Å². The Labute approximate surface area is 190 Å². The van der Waals surface area contributed by atoms with Crippen molar-refractivity contribution >= 4 is 45.1 Å². The van der Waals surface area contributed by atoms with E-state index in [4.69, 9.17) is 9.40 Å². The predicted molar refractivity (Wildman–Crippen MR) is 131 cm³/mol. The van der Waals surface area contributed by atoms with Crippen LogP contribution in [0.15, 0.2) is 65.3 Å². The summed E-state index contributed by atoms with van der Waals surface area (Å²) in [7, 11) is 0. The lowest BCUT2D eigenvalue weighted by atomic mass is 10.2. The minimum absolute atomic E-state index is 0.311. The molecule has 3 aromatic heterocycles. The number of fused-ring (bicyclic) bond motifs is 2. The molecule has 2 aromatic carbocycles. The highest BCUT2D eigenvalue weighted by Gasteiger charge is 2.26. The van der Waals surface area contributed by atoms with E-state index in [-0.39, 0.29) is 0 Å². The van der Waals surface area contributed by atoms with Crippen molar-refractivity contribution in [1.29, 1.82) is 0 Å². The number of furan rings is 1. The molecular formula is C25H25N7O. The van der Waals surface area contributed by atoms with Gasteiger partial charge in [-0.15, -0.1) is 0 Å². The SMILES string of the molecule is Cc1[nH]nc2cc(Nc3nc(N[C@@H]4CC[C@H](Nc5ccccc5)C4)c4occc4n3)ccc12. The third-order valence-corrected chi connectivity index (χ3v) is 6.22. The zero-order chi connectivity index (χ0) is 22.2. The van der Waals surface area contributed by atoms with Crippen LogP contribution in [-0.2, 0) is 0 Å². The molecule has 0 bridgehead atoms. The van der Waals surface area contributed by atoms with E-state index in [1.54, 1.807) is 6.26 Å². The van der Waals surface area contributed by atoms with Crippen molar-refractivity contribution in [3.05, 3.63) is 66.6 Å². The zero-order valence-corrected chi connectivity index (χ0v) is 18.3. The smallest absolute Gasteiger partial charge is 0.229 e. The monoisotopic (exact) mass is 439 g/mol. The minimum atomic E-state index is 0.311. The third kappa shape index (κ3) is 3.95. The third-order valence-electron chi connectivity index (χ3n) is 6.22. The van der Waals surface area contributed by atoms with Gasteiger partial charge in [0.1, 0.15) is 5.52 Å². The Morgan fingerprint density at radius 2 is 1.76 bits per heavy atom. The van der Waals surface area contributed by atoms with Crippen molar-refractivity contribution in [1.82, 2.24) is 20.2 Å². The van der Waals surface area contributed by atoms with E-state index < -0.39 is 0 Å². The van der Waals surface area contributed by atoms with Crippen molar-refractivity contribution in [2.45, 2.75) is 38.3 Å². The van der Waals surface area contributed by atoms with Gasteiger partial charge in [0.15, 0.2) is 11.4 Å². The lowest BCUT2D eigenvalue weighted by molar-refractivity contribution is 0.612. The maximum Gasteiger partial charge on any atom is 0.229 e. The molecule has 0 amide bonds. The standard InChI is InChI=1S/C25H25N7O/c1-15-20-10-9-19(14-22(20)32-31-15)28-25-29-21-11-12-33-23(21)24(30-25)27-18-8-7-17(13-18)26-16-5-3-2-4-6-16/h2-6,9-12,14,17-18,26H,7-8,13H2,1H3,(H,31,32)(H2,27,28,29,30)/t17-,18+/m0/s1. The van der Waals surface area contributed by atoms with Crippen LogP contribution in [0.25, 0.3) is 22.0 Å². The molecule has 1 aliphatic carbocycles. The summed E-state index contributed by atoms with van der Waals surface area (Å²) in [6.07, 6.45) is 4.84. The molecule has 166 valence electrons. The summed E-state index contributed by atoms with van der Waals surface area (Å²) in [5.74, 6) is 1.24. The highest BCUT2D eigenvalue weighted by atomic mass is 16.3. The van der Waals surface area contributed by atoms with Gasteiger partial charge in [-0.05, 0) is 56.5 Å². The molecule has 0 unspecified atom stereocenters. The lowest BCUT2D eigenvalue weighted by Crippen LogP contribution is -2.21. The van der Waals surface area contributed by atoms with Crippen LogP contribution in [0.3, 0.4) is 0 Å². The molecule has 4 N–H and O–H groups in total. The first-order valence-electron chi connectivity index (χ1n) is 11.3. The Morgan fingerprint density at radius 1 is 0.909 bits per heavy atom. The number of aromatic nitrogens is 4. The summed E-state index contributed by atoms with van der Waals surface area (Å²) >= 11 is 0. The van der Waals surface area contributed by atoms with Crippen LogP contribution in [-0.4, -0.2) is 32.2 Å². The molecule has 0 aliphatic heterocycles. The summed E-state index contributed by atoms with van der Waals surface area (Å²) in [6, 6.07) is 19.0. The van der Waals surface area contributed by atoms with Crippen LogP contribution in [0.4, 0.5) is 23.1 Å². The van der Waals surface area contributed by atoms with E-state index in [2.05, 4.69) is 55.4 Å². The van der Waals surface area contributed by atoms with Crippen LogP contribution in [0.1, 0.15) is 25.0 Å². The average molecular weight is 440 g/mol. The maximum atomic E-state index is 5.70. The summed E-state index contributed by atoms with van der Waals surface area (Å²) in [5.41, 5.74) is 5.45. The fraction of sp³-hybridized carbons (Fsp3) is 0.240. The molecule has 0 radical (unpaired) electrons. The second-order valence-corrected chi connectivity index (χ2v) is 8.60. The van der Waals surface area contributed by atoms with Gasteiger partial charge >= 0.3 is 0 Å². The average Bonchev–Trinajstić information content (AvgIpc) is 3.55. The molecule has 8 nitrogen and oxygen atoms in total. The Balaban J connectivity index is 1.21. The van der Waals surface area contributed by atoms with Gasteiger partial charge in [-0.3, -0.25) is 5.10 Å². The minimum Gasteiger partial charge on any atom is -0.459 e. The van der Waals surface area contributed by atoms with Gasteiger partial charge in [0.2, 0.25) is 5.95 Å². The molecular weight excluding hydrogens is 414 g/mol. The van der Waals surface area contributed by atoms with Crippen LogP contribution in [0, 0.1) is 6.92 Å². The Morgan fingerprint density at radius 3 is 2.64 bits per heavy atom. The molecule has 1 saturated carbocycles. The van der Waals surface area contributed by atoms with Crippen LogP contribution >= 0.6 is 0 Å². The van der Waals surface area contributed by atoms with Crippen LogP contribution in [0.2, 0.25) is 0 Å². The first kappa shape index (κ1) is 19.6. The number of anilines is 4. The molecule has 33 heavy (non-hydrogen) atoms. The maximum absolute atomic E-state index is 5.70. The van der Waals surface area contributed by atoms with Crippen LogP contribution in [0.5, 0.6) is 0 Å². The summed E-state index contributed by atoms with van der Waals surface area (Å²) in [4.78, 5) is 9.38. The fourth-order valence-electron chi connectivity index (χ4n) is 4.58. The number of H-pyrrole nitrogens is 1. The van der Waals surface area contributed by atoms with E-state index in [9.17, 15) is 0 Å². The number of nitrogens with zero attached hydrogens (tertiary/aromatic N) is 3. The van der Waals surface area contributed by atoms with Crippen molar-refractivity contribution < 1.29 is 4.42 Å². The van der Waals surface area contributed by atoms with Crippen molar-refractivity contribution in [2.75, 3.05) is 16.0 Å². The first-order chi connectivity index (χ1) is 16.2. The number of hydrogen-bond acceptors (Lipinski definition) is 7. The van der Waals surface area contributed by atoms with E-state index in [1.807, 2.05) is 37.3 Å². The second-order valence-electron chi connectivity index (χ2n) is 8.60. The second kappa shape index (κ2) is 8.12. The van der Waals surface area contributed by atoms with Crippen molar-refractivity contribution in [3.63, 3.8) is 0 Å². The van der Waals surface area contributed by atoms with E-state index in [1.165, 1.54) is 0 Å². The number of aromatic amines is 1. The van der Waals surface area contributed by atoms with Gasteiger partial charge in [-0.1, -0.05) is 18.2 Å². The number of aryl methyl sites for hydroxylation is 1. The summed E-state index contributed by atoms with van der Waals surface area (Å²) in [6.45, 7) is 2.01. The summed E-state index contributed by atoms with van der Waals surface area (Å²) in [5, 5.41) is 19.0. The number of benzene rings is 2. The van der Waals surface area contributed by atoms with Gasteiger partial charge in [0.05, 0.1) is 11.8 Å². The quantitative estimate of drug-likeness (QED) is 0.273. The topological polar surface area (TPSA) is 104 Å². The zero-order valence-electron chi connectivity index (χ0n) is 18.3. The molecule has 1 aliphatic rings. The molecule has 8 heteroatoms. The molecule has 2 atom stereocenters. The number of para-hydroxylation sites is 1. The molecule has 0 spiro atoms. The number of rotatable bonds is 6. The van der Waals surface area contributed by atoms with Crippen molar-refractivity contribution in [3.8, 4) is 0 Å². The Hall–Kier alpha value is -4.07. The molecule has 6 rings (SSSR count). The highest BCUT2D eigenvalue weighted by molar-refractivity contribution is 5.87. The summed E-state index contributed by atoms with van der Waals surface area (Å²) < 4.78 is 5.70. The largest absolute Gasteiger partial charge is 0.459 e.